The van der Waals surface area contributed by atoms with Crippen LogP contribution in [0.15, 0.2) is 41.2 Å². The van der Waals surface area contributed by atoms with Crippen molar-refractivity contribution >= 4 is 40.3 Å². The number of hydrazone groups is 1. The molecule has 16 heteroatoms. The summed E-state index contributed by atoms with van der Waals surface area (Å²) in [6.45, 7) is 15.6. The zero-order valence-electron chi connectivity index (χ0n) is 36.3. The highest BCUT2D eigenvalue weighted by molar-refractivity contribution is 6.23. The lowest BCUT2D eigenvalue weighted by molar-refractivity contribution is -0.160. The Morgan fingerprint density at radius 1 is 0.967 bits per heavy atom. The van der Waals surface area contributed by atoms with Crippen LogP contribution < -0.4 is 10.1 Å². The Kier molecular flexibility index (Phi) is 13.4. The third-order valence-corrected chi connectivity index (χ3v) is 12.9. The number of aliphatic hydroxyl groups is 2. The molecule has 10 atom stereocenters. The Morgan fingerprint density at radius 2 is 1.69 bits per heavy atom. The number of benzene rings is 2. The Morgan fingerprint density at radius 3 is 2.38 bits per heavy atom. The molecule has 1 amide bonds. The van der Waals surface area contributed by atoms with Gasteiger partial charge in [0.25, 0.3) is 11.7 Å². The summed E-state index contributed by atoms with van der Waals surface area (Å²) in [5.74, 6) is -8.28. The first-order valence-corrected chi connectivity index (χ1v) is 20.9. The number of fused-ring (bicyclic) bond motifs is 15. The minimum atomic E-state index is -2.04. The fourth-order valence-corrected chi connectivity index (χ4v) is 9.09. The molecule has 16 nitrogen and oxygen atoms in total. The quantitative estimate of drug-likeness (QED) is 0.105. The van der Waals surface area contributed by atoms with E-state index in [1.54, 1.807) is 39.8 Å². The summed E-state index contributed by atoms with van der Waals surface area (Å²) in [4.78, 5) is 43.1. The van der Waals surface area contributed by atoms with Crippen LogP contribution in [0.2, 0.25) is 0 Å². The highest BCUT2D eigenvalue weighted by atomic mass is 16.7. The third-order valence-electron chi connectivity index (χ3n) is 12.9. The lowest BCUT2D eigenvalue weighted by Gasteiger charge is -2.38. The number of carbonyl (C=O) groups is 3. The second-order valence-electron chi connectivity index (χ2n) is 17.1. The number of ketones is 1. The zero-order valence-corrected chi connectivity index (χ0v) is 36.3. The summed E-state index contributed by atoms with van der Waals surface area (Å²) < 4.78 is 23.7. The maximum absolute atomic E-state index is 14.5. The maximum Gasteiger partial charge on any atom is 0.312 e. The zero-order chi connectivity index (χ0) is 44.7. The van der Waals surface area contributed by atoms with Crippen LogP contribution in [0.3, 0.4) is 0 Å². The molecule has 0 aromatic heterocycles. The van der Waals surface area contributed by atoms with Gasteiger partial charge in [-0.25, -0.2) is 0 Å². The van der Waals surface area contributed by atoms with Gasteiger partial charge in [-0.05, 0) is 39.3 Å². The first kappa shape index (κ1) is 45.4. The topological polar surface area (TPSA) is 220 Å². The molecule has 0 radical (unpaired) electrons. The van der Waals surface area contributed by atoms with E-state index in [9.17, 15) is 39.9 Å². The summed E-state index contributed by atoms with van der Waals surface area (Å²) in [5.41, 5.74) is -0.294. The van der Waals surface area contributed by atoms with Gasteiger partial charge in [-0.1, -0.05) is 45.9 Å². The molecule has 0 spiro atoms. The molecule has 5 bridgehead atoms. The molecular formula is C45H60N4O12. The molecule has 332 valence electrons. The number of hydrogen-bond donors (Lipinski definition) is 6. The molecule has 0 saturated carbocycles. The average molecular weight is 849 g/mol. The maximum atomic E-state index is 14.5. The summed E-state index contributed by atoms with van der Waals surface area (Å²) in [7, 11) is 1.44. The lowest BCUT2D eigenvalue weighted by Crippen LogP contribution is -2.48. The van der Waals surface area contributed by atoms with Crippen molar-refractivity contribution in [3.8, 4) is 23.0 Å². The first-order chi connectivity index (χ1) is 28.8. The van der Waals surface area contributed by atoms with E-state index in [0.29, 0.717) is 19.1 Å². The number of phenols is 3. The van der Waals surface area contributed by atoms with Gasteiger partial charge in [0, 0.05) is 80.3 Å². The molecule has 61 heavy (non-hydrogen) atoms. The van der Waals surface area contributed by atoms with Crippen LogP contribution >= 0.6 is 0 Å². The summed E-state index contributed by atoms with van der Waals surface area (Å²) >= 11 is 0. The van der Waals surface area contributed by atoms with Crippen LogP contribution in [0.4, 0.5) is 5.69 Å². The van der Waals surface area contributed by atoms with E-state index >= 15 is 0 Å². The van der Waals surface area contributed by atoms with Crippen LogP contribution in [-0.2, 0) is 23.8 Å². The molecule has 5 aliphatic heterocycles. The minimum Gasteiger partial charge on any atom is -0.507 e. The van der Waals surface area contributed by atoms with Crippen LogP contribution in [0.1, 0.15) is 82.8 Å². The predicted molar refractivity (Wildman–Crippen MR) is 228 cm³/mol. The summed E-state index contributed by atoms with van der Waals surface area (Å²) in [5, 5.41) is 67.4. The van der Waals surface area contributed by atoms with Gasteiger partial charge in [-0.2, -0.15) is 5.10 Å². The molecule has 1 unspecified atom stereocenters. The van der Waals surface area contributed by atoms with E-state index in [0.717, 1.165) is 25.9 Å². The molecule has 7 rings (SSSR count). The number of phenolic OH excluding ortho intramolecular Hbond substituents is 3. The number of amides is 1. The third kappa shape index (κ3) is 8.68. The van der Waals surface area contributed by atoms with E-state index < -0.39 is 88.8 Å². The Hall–Kier alpha value is -5.16. The van der Waals surface area contributed by atoms with E-state index in [4.69, 9.17) is 18.9 Å². The van der Waals surface area contributed by atoms with E-state index in [1.807, 2.05) is 5.01 Å². The molecular weight excluding hydrogens is 789 g/mol. The Labute approximate surface area is 356 Å². The van der Waals surface area contributed by atoms with E-state index in [2.05, 4.69) is 15.3 Å². The van der Waals surface area contributed by atoms with Crippen molar-refractivity contribution in [2.75, 3.05) is 38.6 Å². The SMILES string of the molecule is CO[C@H]1/C=C/O[C@@]2(C)Oc3c(C)c(O)c4c(O)c(c(/C=N\N5CCN6CCCC6C5)c(O)c4c3C2=O)NC(=O)/C(C)=C\C=C\[C@@H](C)[C@H](O)[C@@H](C)[C@H](O)[C@@H](C)[C@H](OC(C)=O)[C@@H]1C. The smallest absolute Gasteiger partial charge is 0.312 e. The molecule has 2 aromatic carbocycles. The van der Waals surface area contributed by atoms with Crippen LogP contribution in [-0.4, -0.2) is 129 Å². The van der Waals surface area contributed by atoms with Gasteiger partial charge < -0.3 is 49.8 Å². The van der Waals surface area contributed by atoms with Crippen molar-refractivity contribution < 1.29 is 58.9 Å². The fraction of sp³-hybridized carbons (Fsp3) is 0.556. The van der Waals surface area contributed by atoms with Gasteiger partial charge in [0.2, 0.25) is 0 Å². The number of esters is 1. The van der Waals surface area contributed by atoms with E-state index in [1.165, 1.54) is 59.4 Å². The Bertz CT molecular complexity index is 2170. The van der Waals surface area contributed by atoms with Crippen molar-refractivity contribution in [3.05, 3.63) is 52.8 Å². The molecule has 6 N–H and O–H groups in total. The second kappa shape index (κ2) is 18.1. The molecule has 2 saturated heterocycles. The number of Topliss-reactive ketones (excluding diaryl/α,β-unsaturated/α-hetero) is 1. The number of ether oxygens (including phenoxy) is 4. The summed E-state index contributed by atoms with van der Waals surface area (Å²) in [6, 6.07) is 0.315. The number of hydrogen-bond acceptors (Lipinski definition) is 15. The number of allylic oxidation sites excluding steroid dienone is 2. The molecule has 2 fully saturated rings. The highest BCUT2D eigenvalue weighted by Gasteiger charge is 2.50. The number of methoxy groups -OCH3 is 1. The number of rotatable bonds is 4. The number of nitrogens with zero attached hydrogens (tertiary/aromatic N) is 3. The second-order valence-corrected chi connectivity index (χ2v) is 17.1. The van der Waals surface area contributed by atoms with E-state index in [-0.39, 0.29) is 44.5 Å². The number of aliphatic hydroxyl groups excluding tert-OH is 2. The monoisotopic (exact) mass is 848 g/mol. The number of piperazine rings is 1. The van der Waals surface area contributed by atoms with Crippen molar-refractivity contribution in [1.29, 1.82) is 0 Å². The van der Waals surface area contributed by atoms with Gasteiger partial charge in [0.05, 0.1) is 59.5 Å². The standard InChI is InChI=1S/C45H60N4O12/c1-22-12-10-13-23(2)44(57)47-35-30(20-46-49-18-17-48-16-11-14-29(48)21-49)39(54)32-33(40(35)55)38(53)27(6)42-34(32)43(56)45(8,61-42)59-19-15-31(58-9)24(3)41(60-28(7)50)26(5)37(52)25(4)36(22)51/h10,12-13,15,19-20,22,24-26,29,31,36-37,41,51-55H,11,14,16-18,21H2,1-9H3,(H,47,57)/b12-10+,19-15+,23-13-,46-20-/t22-,24-,25-,26-,29?,31+,36+,37+,41-,45+/m1/s1. The fourth-order valence-electron chi connectivity index (χ4n) is 9.09. The van der Waals surface area contributed by atoms with Crippen LogP contribution in [0, 0.1) is 30.6 Å². The molecule has 5 heterocycles. The number of nitrogens with one attached hydrogen (secondary N) is 1. The molecule has 5 aliphatic rings. The van der Waals surface area contributed by atoms with Gasteiger partial charge in [0.15, 0.2) is 5.75 Å². The highest BCUT2D eigenvalue weighted by Crippen LogP contribution is 2.55. The Balaban J connectivity index is 1.50. The summed E-state index contributed by atoms with van der Waals surface area (Å²) in [6.07, 6.45) is 7.06. The van der Waals surface area contributed by atoms with Crippen LogP contribution in [0.5, 0.6) is 23.0 Å². The molecule has 2 aromatic rings. The predicted octanol–water partition coefficient (Wildman–Crippen LogP) is 4.87. The van der Waals surface area contributed by atoms with Gasteiger partial charge in [-0.3, -0.25) is 24.3 Å². The number of carbonyl (C=O) groups excluding carboxylic acids is 3. The average Bonchev–Trinajstić information content (AvgIpc) is 3.80. The van der Waals surface area contributed by atoms with Gasteiger partial charge >= 0.3 is 11.8 Å². The van der Waals surface area contributed by atoms with Gasteiger partial charge in [0.1, 0.15) is 23.4 Å². The normalized spacial score (nSPS) is 33.5. The first-order valence-electron chi connectivity index (χ1n) is 20.9. The largest absolute Gasteiger partial charge is 0.507 e. The van der Waals surface area contributed by atoms with Crippen molar-refractivity contribution in [2.24, 2.45) is 28.8 Å². The molecule has 0 aliphatic carbocycles. The van der Waals surface area contributed by atoms with Crippen LogP contribution in [0.25, 0.3) is 10.8 Å². The lowest BCUT2D eigenvalue weighted by atomic mass is 9.78. The number of anilines is 1. The number of aromatic hydroxyl groups is 3. The van der Waals surface area contributed by atoms with Crippen molar-refractivity contribution in [1.82, 2.24) is 9.91 Å². The minimum absolute atomic E-state index is 0.0624. The van der Waals surface area contributed by atoms with Crippen molar-refractivity contribution in [2.45, 2.75) is 104 Å². The van der Waals surface area contributed by atoms with Gasteiger partial charge in [-0.15, -0.1) is 0 Å². The van der Waals surface area contributed by atoms with Crippen molar-refractivity contribution in [3.63, 3.8) is 0 Å².